The Morgan fingerprint density at radius 1 is 1.14 bits per heavy atom. The molecular formula is C22H29Cl2NO3. The van der Waals surface area contributed by atoms with Crippen molar-refractivity contribution in [1.82, 2.24) is 5.32 Å². The van der Waals surface area contributed by atoms with Crippen molar-refractivity contribution in [3.8, 4) is 0 Å². The van der Waals surface area contributed by atoms with Crippen LogP contribution in [0.15, 0.2) is 40.7 Å². The van der Waals surface area contributed by atoms with Crippen LogP contribution in [0.3, 0.4) is 0 Å². The molecule has 1 unspecified atom stereocenters. The van der Waals surface area contributed by atoms with Crippen molar-refractivity contribution in [3.05, 3.63) is 56.3 Å². The van der Waals surface area contributed by atoms with Gasteiger partial charge in [0.25, 0.3) is 0 Å². The summed E-state index contributed by atoms with van der Waals surface area (Å²) in [6.07, 6.45) is 5.44. The Morgan fingerprint density at radius 2 is 1.89 bits per heavy atom. The maximum atomic E-state index is 12.9. The molecule has 0 fully saturated rings. The predicted molar refractivity (Wildman–Crippen MR) is 114 cm³/mol. The minimum atomic E-state index is -0.411. The van der Waals surface area contributed by atoms with Gasteiger partial charge >= 0.3 is 5.97 Å². The predicted octanol–water partition coefficient (Wildman–Crippen LogP) is 6.35. The number of allylic oxidation sites excluding steroid dienone is 3. The molecule has 1 atom stereocenters. The molecule has 1 aliphatic rings. The summed E-state index contributed by atoms with van der Waals surface area (Å²) in [7, 11) is 1.49. The van der Waals surface area contributed by atoms with E-state index in [4.69, 9.17) is 32.7 Å². The Labute approximate surface area is 177 Å². The van der Waals surface area contributed by atoms with Crippen LogP contribution in [0.2, 0.25) is 10.0 Å². The fourth-order valence-electron chi connectivity index (χ4n) is 3.66. The zero-order chi connectivity index (χ0) is 20.7. The summed E-state index contributed by atoms with van der Waals surface area (Å²) in [5.74, 6) is -0.704. The Morgan fingerprint density at radius 3 is 2.57 bits per heavy atom. The molecule has 0 aliphatic carbocycles. The third kappa shape index (κ3) is 5.31. The summed E-state index contributed by atoms with van der Waals surface area (Å²) < 4.78 is 10.2. The van der Waals surface area contributed by atoms with Crippen molar-refractivity contribution in [2.24, 2.45) is 0 Å². The Kier molecular flexibility index (Phi) is 8.87. The quantitative estimate of drug-likeness (QED) is 0.284. The van der Waals surface area contributed by atoms with E-state index in [0.29, 0.717) is 15.6 Å². The first-order valence-corrected chi connectivity index (χ1v) is 10.4. The summed E-state index contributed by atoms with van der Waals surface area (Å²) in [5, 5.41) is 4.30. The van der Waals surface area contributed by atoms with Crippen LogP contribution in [0.5, 0.6) is 0 Å². The van der Waals surface area contributed by atoms with Crippen LogP contribution in [0.4, 0.5) is 0 Å². The molecule has 0 saturated heterocycles. The molecule has 2 rings (SSSR count). The van der Waals surface area contributed by atoms with Crippen LogP contribution in [0.1, 0.15) is 64.4 Å². The summed E-state index contributed by atoms with van der Waals surface area (Å²) in [6, 6.07) is 5.55. The minimum absolute atomic E-state index is 0.0971. The normalized spacial score (nSPS) is 17.0. The number of halogens is 2. The molecule has 0 bridgehead atoms. The van der Waals surface area contributed by atoms with E-state index in [2.05, 4.69) is 12.2 Å². The maximum absolute atomic E-state index is 12.9. The summed E-state index contributed by atoms with van der Waals surface area (Å²) in [6.45, 7) is 6.02. The largest absolute Gasteiger partial charge is 0.435 e. The number of rotatable bonds is 9. The van der Waals surface area contributed by atoms with Gasteiger partial charge in [0.2, 0.25) is 0 Å². The van der Waals surface area contributed by atoms with Crippen LogP contribution in [-0.4, -0.2) is 19.9 Å². The molecule has 1 heterocycles. The van der Waals surface area contributed by atoms with Crippen molar-refractivity contribution in [3.63, 3.8) is 0 Å². The highest BCUT2D eigenvalue weighted by atomic mass is 35.5. The molecular weight excluding hydrogens is 397 g/mol. The number of unbranched alkanes of at least 4 members (excludes halogenated alkanes) is 3. The van der Waals surface area contributed by atoms with Crippen molar-refractivity contribution in [2.45, 2.75) is 58.8 Å². The fourth-order valence-corrected chi connectivity index (χ4v) is 4.07. The van der Waals surface area contributed by atoms with Gasteiger partial charge in [-0.2, -0.15) is 0 Å². The van der Waals surface area contributed by atoms with Crippen LogP contribution >= 0.6 is 23.2 Å². The number of methoxy groups -OCH3 is 1. The topological polar surface area (TPSA) is 47.6 Å². The molecule has 0 amide bonds. The molecule has 1 N–H and O–H groups in total. The third-order valence-electron chi connectivity index (χ3n) is 5.02. The van der Waals surface area contributed by atoms with Gasteiger partial charge in [-0.05, 0) is 43.9 Å². The van der Waals surface area contributed by atoms with Crippen molar-refractivity contribution < 1.29 is 14.3 Å². The van der Waals surface area contributed by atoms with E-state index in [9.17, 15) is 4.79 Å². The van der Waals surface area contributed by atoms with Gasteiger partial charge < -0.3 is 14.8 Å². The first-order valence-electron chi connectivity index (χ1n) is 9.69. The maximum Gasteiger partial charge on any atom is 0.338 e. The highest BCUT2D eigenvalue weighted by molar-refractivity contribution is 6.42. The summed E-state index contributed by atoms with van der Waals surface area (Å²) >= 11 is 12.9. The number of esters is 1. The zero-order valence-electron chi connectivity index (χ0n) is 17.0. The minimum Gasteiger partial charge on any atom is -0.435 e. The van der Waals surface area contributed by atoms with E-state index in [-0.39, 0.29) is 12.7 Å². The molecule has 0 spiro atoms. The average molecular weight is 426 g/mol. The average Bonchev–Trinajstić information content (AvgIpc) is 2.66. The van der Waals surface area contributed by atoms with Gasteiger partial charge in [0, 0.05) is 24.4 Å². The third-order valence-corrected chi connectivity index (χ3v) is 5.85. The second kappa shape index (κ2) is 10.9. The molecule has 4 nitrogen and oxygen atoms in total. The van der Waals surface area contributed by atoms with Crippen LogP contribution in [0.25, 0.3) is 0 Å². The molecule has 0 saturated carbocycles. The number of hydrogen-bond donors (Lipinski definition) is 1. The van der Waals surface area contributed by atoms with Gasteiger partial charge in [-0.1, -0.05) is 61.5 Å². The first kappa shape index (κ1) is 22.8. The molecule has 0 radical (unpaired) electrons. The van der Waals surface area contributed by atoms with Gasteiger partial charge in [0.05, 0.1) is 15.6 Å². The Hall–Kier alpha value is -1.49. The Balaban J connectivity index is 2.49. The van der Waals surface area contributed by atoms with Crippen LogP contribution in [-0.2, 0) is 14.3 Å². The van der Waals surface area contributed by atoms with E-state index in [1.165, 1.54) is 20.0 Å². The molecule has 0 aromatic heterocycles. The molecule has 154 valence electrons. The van der Waals surface area contributed by atoms with E-state index in [1.54, 1.807) is 6.07 Å². The molecule has 1 aromatic carbocycles. The van der Waals surface area contributed by atoms with Gasteiger partial charge in [0.1, 0.15) is 0 Å². The highest BCUT2D eigenvalue weighted by Crippen LogP contribution is 2.44. The number of dihydropyridines is 1. The molecule has 28 heavy (non-hydrogen) atoms. The smallest absolute Gasteiger partial charge is 0.338 e. The molecule has 6 heteroatoms. The lowest BCUT2D eigenvalue weighted by Crippen LogP contribution is -2.29. The van der Waals surface area contributed by atoms with Crippen LogP contribution < -0.4 is 5.32 Å². The highest BCUT2D eigenvalue weighted by Gasteiger charge is 2.35. The Bertz CT molecular complexity index is 771. The lowest BCUT2D eigenvalue weighted by molar-refractivity contribution is -0.149. The SMILES string of the molecule is CCCCCCC1=C(C)NC(C)=C(C(=O)OCOC)C1c1cccc(Cl)c1Cl. The van der Waals surface area contributed by atoms with Crippen molar-refractivity contribution in [2.75, 3.05) is 13.9 Å². The number of ether oxygens (including phenoxy) is 2. The summed E-state index contributed by atoms with van der Waals surface area (Å²) in [5.41, 5.74) is 4.34. The van der Waals surface area contributed by atoms with Gasteiger partial charge in [-0.25, -0.2) is 4.79 Å². The van der Waals surface area contributed by atoms with Crippen molar-refractivity contribution in [1.29, 1.82) is 0 Å². The van der Waals surface area contributed by atoms with Gasteiger partial charge in [0.15, 0.2) is 6.79 Å². The number of benzene rings is 1. The fraction of sp³-hybridized carbons (Fsp3) is 0.500. The number of carbonyl (C=O) groups excluding carboxylic acids is 1. The van der Waals surface area contributed by atoms with E-state index >= 15 is 0 Å². The second-order valence-electron chi connectivity index (χ2n) is 7.04. The van der Waals surface area contributed by atoms with Crippen LogP contribution in [0, 0.1) is 0 Å². The summed E-state index contributed by atoms with van der Waals surface area (Å²) in [4.78, 5) is 12.9. The lowest BCUT2D eigenvalue weighted by Gasteiger charge is -2.32. The second-order valence-corrected chi connectivity index (χ2v) is 7.82. The van der Waals surface area contributed by atoms with E-state index in [0.717, 1.165) is 41.8 Å². The lowest BCUT2D eigenvalue weighted by atomic mass is 9.78. The van der Waals surface area contributed by atoms with E-state index < -0.39 is 5.97 Å². The number of hydrogen-bond acceptors (Lipinski definition) is 4. The number of carbonyl (C=O) groups is 1. The van der Waals surface area contributed by atoms with Crippen molar-refractivity contribution >= 4 is 29.2 Å². The molecule has 1 aromatic rings. The number of nitrogens with one attached hydrogen (secondary N) is 1. The molecule has 1 aliphatic heterocycles. The first-order chi connectivity index (χ1) is 13.4. The zero-order valence-corrected chi connectivity index (χ0v) is 18.5. The monoisotopic (exact) mass is 425 g/mol. The van der Waals surface area contributed by atoms with Gasteiger partial charge in [-0.15, -0.1) is 0 Å². The standard InChI is InChI=1S/C22H29Cl2NO3/c1-5-6-7-8-10-16-14(2)25-15(3)19(22(26)28-13-27-4)20(16)17-11-9-12-18(23)21(17)24/h9,11-12,20,25H,5-8,10,13H2,1-4H3. The van der Waals surface area contributed by atoms with E-state index in [1.807, 2.05) is 26.0 Å². The van der Waals surface area contributed by atoms with Gasteiger partial charge in [-0.3, -0.25) is 0 Å².